The topological polar surface area (TPSA) is 67.6 Å². The van der Waals surface area contributed by atoms with Crippen molar-refractivity contribution in [2.24, 2.45) is 0 Å². The molecule has 1 N–H and O–H groups in total. The molecule has 2 heterocycles. The predicted octanol–water partition coefficient (Wildman–Crippen LogP) is 3.42. The highest BCUT2D eigenvalue weighted by Crippen LogP contribution is 2.30. The summed E-state index contributed by atoms with van der Waals surface area (Å²) in [5.41, 5.74) is 0.320. The quantitative estimate of drug-likeness (QED) is 0.860. The molecule has 0 radical (unpaired) electrons. The molecule has 1 atom stereocenters. The number of aromatic nitrogens is 2. The Morgan fingerprint density at radius 3 is 3.00 bits per heavy atom. The van der Waals surface area contributed by atoms with Crippen LogP contribution in [0, 0.1) is 0 Å². The van der Waals surface area contributed by atoms with Crippen LogP contribution in [-0.4, -0.2) is 45.7 Å². The molecule has 1 aromatic carbocycles. The minimum Gasteiger partial charge on any atom is -0.507 e. The van der Waals surface area contributed by atoms with Crippen molar-refractivity contribution in [3.05, 3.63) is 42.0 Å². The first kappa shape index (κ1) is 18.3. The molecule has 3 rings (SSSR count). The predicted molar refractivity (Wildman–Crippen MR) is 99.7 cm³/mol. The Hall–Kier alpha value is -2.50. The number of piperidine rings is 1. The van der Waals surface area contributed by atoms with Crippen molar-refractivity contribution in [2.75, 3.05) is 20.2 Å². The maximum Gasteiger partial charge on any atom is 0.257 e. The van der Waals surface area contributed by atoms with Crippen molar-refractivity contribution in [1.29, 1.82) is 0 Å². The molecule has 1 aliphatic heterocycles. The van der Waals surface area contributed by atoms with Gasteiger partial charge >= 0.3 is 0 Å². The highest BCUT2D eigenvalue weighted by molar-refractivity contribution is 5.97. The molecule has 1 aromatic heterocycles. The van der Waals surface area contributed by atoms with E-state index in [0.717, 1.165) is 38.1 Å². The fraction of sp³-hybridized carbons (Fsp3) is 0.500. The molecule has 0 spiro atoms. The SMILES string of the molecule is CCCCn1ccnc1[C@H]1CCCN(C(=O)c2ccc(OC)cc2O)C1. The number of rotatable bonds is 6. The van der Waals surface area contributed by atoms with Crippen LogP contribution < -0.4 is 4.74 Å². The van der Waals surface area contributed by atoms with Gasteiger partial charge in [-0.05, 0) is 31.4 Å². The van der Waals surface area contributed by atoms with Crippen LogP contribution in [-0.2, 0) is 6.54 Å². The minimum atomic E-state index is -0.137. The Morgan fingerprint density at radius 1 is 1.42 bits per heavy atom. The Bertz CT molecular complexity index is 757. The van der Waals surface area contributed by atoms with E-state index in [2.05, 4.69) is 16.5 Å². The summed E-state index contributed by atoms with van der Waals surface area (Å²) in [6, 6.07) is 4.81. The fourth-order valence-corrected chi connectivity index (χ4v) is 3.56. The normalized spacial score (nSPS) is 17.3. The van der Waals surface area contributed by atoms with Crippen LogP contribution in [0.4, 0.5) is 0 Å². The van der Waals surface area contributed by atoms with Crippen molar-refractivity contribution in [1.82, 2.24) is 14.5 Å². The lowest BCUT2D eigenvalue weighted by atomic mass is 9.96. The Morgan fingerprint density at radius 2 is 2.27 bits per heavy atom. The number of amides is 1. The number of aryl methyl sites for hydroxylation is 1. The summed E-state index contributed by atoms with van der Waals surface area (Å²) in [6.07, 6.45) is 8.11. The van der Waals surface area contributed by atoms with E-state index in [1.165, 1.54) is 13.2 Å². The van der Waals surface area contributed by atoms with E-state index in [1.807, 2.05) is 17.3 Å². The molecule has 6 nitrogen and oxygen atoms in total. The third-order valence-electron chi connectivity index (χ3n) is 5.01. The molecule has 1 fully saturated rings. The van der Waals surface area contributed by atoms with Crippen molar-refractivity contribution < 1.29 is 14.6 Å². The van der Waals surface area contributed by atoms with Gasteiger partial charge in [0.05, 0.1) is 12.7 Å². The van der Waals surface area contributed by atoms with E-state index >= 15 is 0 Å². The van der Waals surface area contributed by atoms with E-state index in [0.29, 0.717) is 24.4 Å². The highest BCUT2D eigenvalue weighted by atomic mass is 16.5. The highest BCUT2D eigenvalue weighted by Gasteiger charge is 2.29. The number of imidazole rings is 1. The van der Waals surface area contributed by atoms with Gasteiger partial charge in [0.15, 0.2) is 0 Å². The van der Waals surface area contributed by atoms with E-state index in [-0.39, 0.29) is 17.6 Å². The van der Waals surface area contributed by atoms with Gasteiger partial charge in [-0.15, -0.1) is 0 Å². The molecule has 1 saturated heterocycles. The van der Waals surface area contributed by atoms with Crippen molar-refractivity contribution in [3.63, 3.8) is 0 Å². The molecule has 1 aliphatic rings. The number of carbonyl (C=O) groups excluding carboxylic acids is 1. The van der Waals surface area contributed by atoms with Crippen LogP contribution in [0.3, 0.4) is 0 Å². The average Bonchev–Trinajstić information content (AvgIpc) is 3.14. The lowest BCUT2D eigenvalue weighted by Gasteiger charge is -2.33. The molecule has 0 saturated carbocycles. The zero-order valence-electron chi connectivity index (χ0n) is 15.5. The molecule has 6 heteroatoms. The standard InChI is InChI=1S/C20H27N3O3/c1-3-4-10-22-12-9-21-19(22)15-6-5-11-23(14-15)20(25)17-8-7-16(26-2)13-18(17)24/h7-9,12-13,15,24H,3-6,10-11,14H2,1-2H3/t15-/m0/s1. The first-order valence-electron chi connectivity index (χ1n) is 9.31. The number of methoxy groups -OCH3 is 1. The largest absolute Gasteiger partial charge is 0.507 e. The van der Waals surface area contributed by atoms with Crippen molar-refractivity contribution >= 4 is 5.91 Å². The Labute approximate surface area is 154 Å². The van der Waals surface area contributed by atoms with Gasteiger partial charge in [-0.3, -0.25) is 4.79 Å². The lowest BCUT2D eigenvalue weighted by molar-refractivity contribution is 0.0700. The third-order valence-corrected chi connectivity index (χ3v) is 5.01. The number of nitrogens with zero attached hydrogens (tertiary/aromatic N) is 3. The summed E-state index contributed by atoms with van der Waals surface area (Å²) in [5, 5.41) is 10.2. The number of unbranched alkanes of at least 4 members (excludes halogenated alkanes) is 1. The van der Waals surface area contributed by atoms with Gasteiger partial charge in [-0.2, -0.15) is 0 Å². The van der Waals surface area contributed by atoms with Gasteiger partial charge in [-0.25, -0.2) is 4.98 Å². The summed E-state index contributed by atoms with van der Waals surface area (Å²) in [6.45, 7) is 4.48. The lowest BCUT2D eigenvalue weighted by Crippen LogP contribution is -2.39. The van der Waals surface area contributed by atoms with Gasteiger partial charge < -0.3 is 19.3 Å². The smallest absolute Gasteiger partial charge is 0.257 e. The number of hydrogen-bond acceptors (Lipinski definition) is 4. The van der Waals surface area contributed by atoms with E-state index in [9.17, 15) is 9.90 Å². The first-order valence-corrected chi connectivity index (χ1v) is 9.31. The second kappa shape index (κ2) is 8.25. The number of phenols is 1. The first-order chi connectivity index (χ1) is 12.6. The number of ether oxygens (including phenoxy) is 1. The van der Waals surface area contributed by atoms with Gasteiger partial charge in [0.1, 0.15) is 17.3 Å². The molecule has 0 unspecified atom stereocenters. The van der Waals surface area contributed by atoms with Crippen LogP contribution in [0.25, 0.3) is 0 Å². The summed E-state index contributed by atoms with van der Waals surface area (Å²) in [5.74, 6) is 1.66. The molecule has 26 heavy (non-hydrogen) atoms. The molecular formula is C20H27N3O3. The number of carbonyl (C=O) groups is 1. The van der Waals surface area contributed by atoms with Gasteiger partial charge in [0.2, 0.25) is 0 Å². The molecule has 140 valence electrons. The second-order valence-electron chi connectivity index (χ2n) is 6.81. The summed E-state index contributed by atoms with van der Waals surface area (Å²) in [4.78, 5) is 19.3. The van der Waals surface area contributed by atoms with E-state index in [4.69, 9.17) is 4.74 Å². The Kier molecular flexibility index (Phi) is 5.81. The monoisotopic (exact) mass is 357 g/mol. The van der Waals surface area contributed by atoms with Crippen LogP contribution >= 0.6 is 0 Å². The number of aromatic hydroxyl groups is 1. The van der Waals surface area contributed by atoms with Crippen LogP contribution in [0.15, 0.2) is 30.6 Å². The van der Waals surface area contributed by atoms with Crippen LogP contribution in [0.1, 0.15) is 54.7 Å². The number of likely N-dealkylation sites (tertiary alicyclic amines) is 1. The summed E-state index contributed by atoms with van der Waals surface area (Å²) in [7, 11) is 1.53. The zero-order chi connectivity index (χ0) is 18.5. The fourth-order valence-electron chi connectivity index (χ4n) is 3.56. The van der Waals surface area contributed by atoms with Crippen molar-refractivity contribution in [3.8, 4) is 11.5 Å². The minimum absolute atomic E-state index is 0.0408. The second-order valence-corrected chi connectivity index (χ2v) is 6.81. The van der Waals surface area contributed by atoms with Crippen LogP contribution in [0.2, 0.25) is 0 Å². The number of phenolic OH excluding ortho intramolecular Hbond substituents is 1. The van der Waals surface area contributed by atoms with Gasteiger partial charge in [0.25, 0.3) is 5.91 Å². The third kappa shape index (κ3) is 3.84. The molecule has 0 aliphatic carbocycles. The summed E-state index contributed by atoms with van der Waals surface area (Å²) < 4.78 is 7.31. The van der Waals surface area contributed by atoms with E-state index in [1.54, 1.807) is 12.1 Å². The van der Waals surface area contributed by atoms with E-state index < -0.39 is 0 Å². The number of hydrogen-bond donors (Lipinski definition) is 1. The van der Waals surface area contributed by atoms with Gasteiger partial charge in [-0.1, -0.05) is 13.3 Å². The zero-order valence-corrected chi connectivity index (χ0v) is 15.5. The molecular weight excluding hydrogens is 330 g/mol. The number of benzene rings is 1. The average molecular weight is 357 g/mol. The molecule has 2 aromatic rings. The van der Waals surface area contributed by atoms with Crippen molar-refractivity contribution in [2.45, 2.75) is 45.1 Å². The van der Waals surface area contributed by atoms with Crippen LogP contribution in [0.5, 0.6) is 11.5 Å². The Balaban J connectivity index is 1.74. The summed E-state index contributed by atoms with van der Waals surface area (Å²) >= 11 is 0. The maximum atomic E-state index is 12.9. The molecule has 1 amide bonds. The maximum absolute atomic E-state index is 12.9. The molecule has 0 bridgehead atoms. The van der Waals surface area contributed by atoms with Gasteiger partial charge in [0, 0.05) is 44.0 Å².